The normalized spacial score (nSPS) is 11.1. The van der Waals surface area contributed by atoms with Crippen LogP contribution in [0.5, 0.6) is 5.88 Å². The van der Waals surface area contributed by atoms with Crippen LogP contribution in [-0.2, 0) is 0 Å². The van der Waals surface area contributed by atoms with Gasteiger partial charge in [0.2, 0.25) is 11.8 Å². The van der Waals surface area contributed by atoms with Crippen LogP contribution < -0.4 is 10.1 Å². The summed E-state index contributed by atoms with van der Waals surface area (Å²) in [4.78, 5) is 7.72. The number of halogens is 3. The van der Waals surface area contributed by atoms with Gasteiger partial charge >= 0.3 is 6.18 Å². The monoisotopic (exact) mass is 269 g/mol. The summed E-state index contributed by atoms with van der Waals surface area (Å²) < 4.78 is 40.5. The number of rotatable bonds is 4. The molecule has 7 heteroatoms. The first-order chi connectivity index (χ1) is 9.03. The number of ether oxygens (including phenoxy) is 1. The Morgan fingerprint density at radius 3 is 2.53 bits per heavy atom. The average molecular weight is 269 g/mol. The van der Waals surface area contributed by atoms with Crippen molar-refractivity contribution >= 4 is 11.6 Å². The van der Waals surface area contributed by atoms with Crippen LogP contribution in [0.3, 0.4) is 0 Å². The molecule has 19 heavy (non-hydrogen) atoms. The zero-order valence-corrected chi connectivity index (χ0v) is 9.69. The molecule has 0 saturated carbocycles. The first kappa shape index (κ1) is 13.1. The number of hydrogen-bond acceptors (Lipinski definition) is 4. The Morgan fingerprint density at radius 1 is 1.11 bits per heavy atom. The molecule has 100 valence electrons. The summed E-state index contributed by atoms with van der Waals surface area (Å²) in [7, 11) is 0. The SMILES string of the molecule is FC(F)(F)COc1ccnc(Nc2ccccc2)n1. The molecular formula is C12H10F3N3O. The molecule has 0 aliphatic rings. The number of benzene rings is 1. The molecule has 0 unspecified atom stereocenters. The van der Waals surface area contributed by atoms with Gasteiger partial charge in [-0.3, -0.25) is 0 Å². The fourth-order valence-electron chi connectivity index (χ4n) is 1.29. The molecule has 1 N–H and O–H groups in total. The Labute approximate surface area is 107 Å². The van der Waals surface area contributed by atoms with E-state index >= 15 is 0 Å². The highest BCUT2D eigenvalue weighted by molar-refractivity contribution is 5.52. The van der Waals surface area contributed by atoms with Gasteiger partial charge in [-0.05, 0) is 12.1 Å². The number of alkyl halides is 3. The molecule has 0 saturated heterocycles. The van der Waals surface area contributed by atoms with E-state index in [0.29, 0.717) is 0 Å². The molecule has 0 amide bonds. The summed E-state index contributed by atoms with van der Waals surface area (Å²) in [5, 5.41) is 2.86. The second-order valence-electron chi connectivity index (χ2n) is 3.61. The quantitative estimate of drug-likeness (QED) is 0.926. The first-order valence-corrected chi connectivity index (χ1v) is 5.38. The summed E-state index contributed by atoms with van der Waals surface area (Å²) in [5.74, 6) is 0.0385. The van der Waals surface area contributed by atoms with Crippen LogP contribution in [0.2, 0.25) is 0 Å². The molecule has 4 nitrogen and oxygen atoms in total. The van der Waals surface area contributed by atoms with Crippen molar-refractivity contribution in [2.45, 2.75) is 6.18 Å². The van der Waals surface area contributed by atoms with E-state index < -0.39 is 12.8 Å². The minimum atomic E-state index is -4.39. The van der Waals surface area contributed by atoms with E-state index in [1.54, 1.807) is 12.1 Å². The smallest absolute Gasteiger partial charge is 0.422 e. The van der Waals surface area contributed by atoms with Gasteiger partial charge in [-0.1, -0.05) is 18.2 Å². The number of anilines is 2. The molecule has 1 aromatic heterocycles. The highest BCUT2D eigenvalue weighted by Crippen LogP contribution is 2.18. The summed E-state index contributed by atoms with van der Waals surface area (Å²) in [6.07, 6.45) is -3.07. The molecule has 0 aliphatic carbocycles. The van der Waals surface area contributed by atoms with Crippen molar-refractivity contribution in [1.82, 2.24) is 9.97 Å². The van der Waals surface area contributed by atoms with E-state index in [2.05, 4.69) is 20.0 Å². The largest absolute Gasteiger partial charge is 0.468 e. The van der Waals surface area contributed by atoms with Crippen LogP contribution in [0, 0.1) is 0 Å². The Morgan fingerprint density at radius 2 is 1.84 bits per heavy atom. The van der Waals surface area contributed by atoms with E-state index in [1.165, 1.54) is 12.3 Å². The standard InChI is InChI=1S/C12H10F3N3O/c13-12(14,15)8-19-10-6-7-16-11(18-10)17-9-4-2-1-3-5-9/h1-7H,8H2,(H,16,17,18). The van der Waals surface area contributed by atoms with Crippen LogP contribution >= 0.6 is 0 Å². The van der Waals surface area contributed by atoms with Crippen LogP contribution in [0.1, 0.15) is 0 Å². The van der Waals surface area contributed by atoms with Crippen LogP contribution in [-0.4, -0.2) is 22.8 Å². The van der Waals surface area contributed by atoms with E-state index in [0.717, 1.165) is 5.69 Å². The highest BCUT2D eigenvalue weighted by Gasteiger charge is 2.28. The van der Waals surface area contributed by atoms with Gasteiger partial charge in [-0.15, -0.1) is 0 Å². The third-order valence-corrected chi connectivity index (χ3v) is 2.04. The van der Waals surface area contributed by atoms with E-state index in [-0.39, 0.29) is 11.8 Å². The molecule has 2 rings (SSSR count). The zero-order chi connectivity index (χ0) is 13.7. The average Bonchev–Trinajstić information content (AvgIpc) is 2.37. The van der Waals surface area contributed by atoms with Crippen molar-refractivity contribution in [1.29, 1.82) is 0 Å². The minimum Gasteiger partial charge on any atom is -0.468 e. The van der Waals surface area contributed by atoms with Gasteiger partial charge in [-0.2, -0.15) is 18.2 Å². The summed E-state index contributed by atoms with van der Waals surface area (Å²) in [6.45, 7) is -1.38. The number of hydrogen-bond donors (Lipinski definition) is 1. The fraction of sp³-hybridized carbons (Fsp3) is 0.167. The Balaban J connectivity index is 2.03. The van der Waals surface area contributed by atoms with Gasteiger partial charge in [0.1, 0.15) is 0 Å². The van der Waals surface area contributed by atoms with E-state index in [4.69, 9.17) is 0 Å². The van der Waals surface area contributed by atoms with Crippen LogP contribution in [0.25, 0.3) is 0 Å². The van der Waals surface area contributed by atoms with Crippen molar-refractivity contribution in [2.24, 2.45) is 0 Å². The maximum atomic E-state index is 12.0. The first-order valence-electron chi connectivity index (χ1n) is 5.38. The lowest BCUT2D eigenvalue weighted by Gasteiger charge is -2.09. The molecule has 0 radical (unpaired) electrons. The van der Waals surface area contributed by atoms with Crippen molar-refractivity contribution in [2.75, 3.05) is 11.9 Å². The van der Waals surface area contributed by atoms with E-state index in [1.807, 2.05) is 18.2 Å². The number of nitrogens with zero attached hydrogens (tertiary/aromatic N) is 2. The van der Waals surface area contributed by atoms with Gasteiger partial charge in [0.05, 0.1) is 0 Å². The molecular weight excluding hydrogens is 259 g/mol. The summed E-state index contributed by atoms with van der Waals surface area (Å²) in [5.41, 5.74) is 0.732. The zero-order valence-electron chi connectivity index (χ0n) is 9.69. The Kier molecular flexibility index (Phi) is 3.84. The summed E-state index contributed by atoms with van der Waals surface area (Å²) in [6, 6.07) is 10.3. The molecule has 2 aromatic rings. The molecule has 0 spiro atoms. The third kappa shape index (κ3) is 4.46. The van der Waals surface area contributed by atoms with Gasteiger partial charge in [-0.25, -0.2) is 4.98 Å². The lowest BCUT2D eigenvalue weighted by atomic mass is 10.3. The second-order valence-corrected chi connectivity index (χ2v) is 3.61. The van der Waals surface area contributed by atoms with Crippen molar-refractivity contribution in [3.63, 3.8) is 0 Å². The van der Waals surface area contributed by atoms with Gasteiger partial charge in [0.25, 0.3) is 0 Å². The van der Waals surface area contributed by atoms with E-state index in [9.17, 15) is 13.2 Å². The predicted molar refractivity (Wildman–Crippen MR) is 63.3 cm³/mol. The van der Waals surface area contributed by atoms with Crippen LogP contribution in [0.4, 0.5) is 24.8 Å². The fourth-order valence-corrected chi connectivity index (χ4v) is 1.29. The van der Waals surface area contributed by atoms with Gasteiger partial charge < -0.3 is 10.1 Å². The van der Waals surface area contributed by atoms with Gasteiger partial charge in [0.15, 0.2) is 6.61 Å². The lowest BCUT2D eigenvalue weighted by Crippen LogP contribution is -2.19. The Bertz CT molecular complexity index is 531. The van der Waals surface area contributed by atoms with Crippen molar-refractivity contribution < 1.29 is 17.9 Å². The molecule has 0 bridgehead atoms. The molecule has 1 aromatic carbocycles. The number of aromatic nitrogens is 2. The number of para-hydroxylation sites is 1. The van der Waals surface area contributed by atoms with Crippen molar-refractivity contribution in [3.8, 4) is 5.88 Å². The molecule has 1 heterocycles. The Hall–Kier alpha value is -2.31. The molecule has 0 atom stereocenters. The lowest BCUT2D eigenvalue weighted by molar-refractivity contribution is -0.154. The second kappa shape index (κ2) is 5.55. The topological polar surface area (TPSA) is 47.0 Å². The minimum absolute atomic E-state index is 0.134. The summed E-state index contributed by atoms with van der Waals surface area (Å²) >= 11 is 0. The maximum absolute atomic E-state index is 12.0. The maximum Gasteiger partial charge on any atom is 0.422 e. The predicted octanol–water partition coefficient (Wildman–Crippen LogP) is 3.16. The van der Waals surface area contributed by atoms with Crippen LogP contribution in [0.15, 0.2) is 42.6 Å². The highest BCUT2D eigenvalue weighted by atomic mass is 19.4. The molecule has 0 fully saturated rings. The van der Waals surface area contributed by atoms with Crippen molar-refractivity contribution in [3.05, 3.63) is 42.6 Å². The third-order valence-electron chi connectivity index (χ3n) is 2.04. The van der Waals surface area contributed by atoms with Gasteiger partial charge in [0, 0.05) is 18.0 Å². The number of nitrogens with one attached hydrogen (secondary N) is 1. The molecule has 0 aliphatic heterocycles.